The lowest BCUT2D eigenvalue weighted by atomic mass is 9.84. The Morgan fingerprint density at radius 1 is 0.341 bits per heavy atom. The van der Waals surface area contributed by atoms with Crippen LogP contribution in [-0.2, 0) is 0 Å². The lowest BCUT2D eigenvalue weighted by molar-refractivity contribution is 0.584. The molecule has 0 spiro atoms. The van der Waals surface area contributed by atoms with Crippen LogP contribution in [0.25, 0.3) is 77.5 Å². The molecule has 3 heteroatoms. The van der Waals surface area contributed by atoms with Crippen molar-refractivity contribution in [1.82, 2.24) is 10.2 Å². The van der Waals surface area contributed by atoms with Gasteiger partial charge < -0.3 is 4.42 Å². The van der Waals surface area contributed by atoms with Crippen molar-refractivity contribution in [3.05, 3.63) is 146 Å². The van der Waals surface area contributed by atoms with Crippen LogP contribution in [0, 0.1) is 0 Å². The second-order valence-electron chi connectivity index (χ2n) is 10.2. The molecule has 1 aromatic heterocycles. The summed E-state index contributed by atoms with van der Waals surface area (Å²) in [5.74, 6) is 1.03. The highest BCUT2D eigenvalue weighted by Crippen LogP contribution is 2.45. The molecule has 8 aromatic rings. The molecule has 0 saturated heterocycles. The van der Waals surface area contributed by atoms with Crippen LogP contribution in [0.4, 0.5) is 0 Å². The van der Waals surface area contributed by atoms with Crippen molar-refractivity contribution < 1.29 is 4.42 Å². The fourth-order valence-corrected chi connectivity index (χ4v) is 5.99. The highest BCUT2D eigenvalue weighted by Gasteiger charge is 2.18. The van der Waals surface area contributed by atoms with Crippen molar-refractivity contribution in [2.75, 3.05) is 0 Å². The van der Waals surface area contributed by atoms with Gasteiger partial charge in [0, 0.05) is 11.1 Å². The Labute approximate surface area is 237 Å². The van der Waals surface area contributed by atoms with E-state index in [-0.39, 0.29) is 0 Å². The molecule has 0 amide bonds. The predicted octanol–water partition coefficient (Wildman–Crippen LogP) is 10.2. The summed E-state index contributed by atoms with van der Waals surface area (Å²) in [5.41, 5.74) is 6.70. The maximum atomic E-state index is 6.02. The van der Waals surface area contributed by atoms with Gasteiger partial charge >= 0.3 is 0 Å². The maximum absolute atomic E-state index is 6.02. The van der Waals surface area contributed by atoms with Crippen LogP contribution in [0.15, 0.2) is 150 Å². The summed E-state index contributed by atoms with van der Waals surface area (Å²) >= 11 is 0. The molecular weight excluding hydrogens is 500 g/mol. The Morgan fingerprint density at radius 2 is 0.805 bits per heavy atom. The van der Waals surface area contributed by atoms with E-state index in [1.54, 1.807) is 0 Å². The monoisotopic (exact) mass is 524 g/mol. The first-order chi connectivity index (χ1) is 20.3. The number of hydrogen-bond acceptors (Lipinski definition) is 3. The summed E-state index contributed by atoms with van der Waals surface area (Å²) in [5, 5.41) is 16.0. The number of benzene rings is 7. The number of fused-ring (bicyclic) bond motifs is 3. The van der Waals surface area contributed by atoms with E-state index in [2.05, 4.69) is 125 Å². The van der Waals surface area contributed by atoms with Crippen molar-refractivity contribution in [2.45, 2.75) is 0 Å². The van der Waals surface area contributed by atoms with E-state index in [4.69, 9.17) is 4.42 Å². The molecule has 0 unspecified atom stereocenters. The van der Waals surface area contributed by atoms with Crippen LogP contribution in [0.1, 0.15) is 0 Å². The van der Waals surface area contributed by atoms with Gasteiger partial charge in [-0.15, -0.1) is 10.2 Å². The van der Waals surface area contributed by atoms with Crippen molar-refractivity contribution in [2.24, 2.45) is 0 Å². The molecule has 0 N–H and O–H groups in total. The largest absolute Gasteiger partial charge is 0.416 e. The quantitative estimate of drug-likeness (QED) is 0.215. The average molecular weight is 525 g/mol. The minimum absolute atomic E-state index is 0.511. The van der Waals surface area contributed by atoms with Gasteiger partial charge in [-0.1, -0.05) is 121 Å². The standard InChI is InChI=1S/C38H24N2O/c1-2-12-27(13-3-1)37-39-40-38(41-37)28-23-21-26(22-24-28)35-31-16-6-8-18-33(31)36(34-19-9-7-17-32(34)35)30-20-10-14-25-11-4-5-15-29(25)30/h1-24H. The van der Waals surface area contributed by atoms with Gasteiger partial charge in [0.25, 0.3) is 0 Å². The Hall–Kier alpha value is -5.54. The summed E-state index contributed by atoms with van der Waals surface area (Å²) in [4.78, 5) is 0. The molecule has 0 aliphatic rings. The summed E-state index contributed by atoms with van der Waals surface area (Å²) < 4.78 is 6.02. The zero-order valence-electron chi connectivity index (χ0n) is 22.2. The van der Waals surface area contributed by atoms with Gasteiger partial charge in [0.2, 0.25) is 11.8 Å². The van der Waals surface area contributed by atoms with E-state index in [1.165, 1.54) is 49.0 Å². The molecule has 0 aliphatic heterocycles. The summed E-state index contributed by atoms with van der Waals surface area (Å²) in [7, 11) is 0. The second-order valence-corrected chi connectivity index (χ2v) is 10.2. The average Bonchev–Trinajstić information content (AvgIpc) is 3.55. The minimum atomic E-state index is 0.511. The Balaban J connectivity index is 1.31. The van der Waals surface area contributed by atoms with Gasteiger partial charge in [0.15, 0.2) is 0 Å². The molecule has 0 aliphatic carbocycles. The molecular formula is C38H24N2O. The first-order valence-corrected chi connectivity index (χ1v) is 13.8. The molecule has 0 atom stereocenters. The van der Waals surface area contributed by atoms with Gasteiger partial charge in [-0.05, 0) is 78.8 Å². The smallest absolute Gasteiger partial charge is 0.248 e. The van der Waals surface area contributed by atoms with E-state index >= 15 is 0 Å². The number of aromatic nitrogens is 2. The molecule has 41 heavy (non-hydrogen) atoms. The molecule has 0 saturated carbocycles. The van der Waals surface area contributed by atoms with Crippen LogP contribution in [0.5, 0.6) is 0 Å². The maximum Gasteiger partial charge on any atom is 0.248 e. The fourth-order valence-electron chi connectivity index (χ4n) is 5.99. The molecule has 8 rings (SSSR count). The zero-order valence-corrected chi connectivity index (χ0v) is 22.2. The van der Waals surface area contributed by atoms with Crippen LogP contribution >= 0.6 is 0 Å². The first-order valence-electron chi connectivity index (χ1n) is 13.8. The van der Waals surface area contributed by atoms with Gasteiger partial charge in [-0.3, -0.25) is 0 Å². The van der Waals surface area contributed by atoms with E-state index in [1.807, 2.05) is 30.3 Å². The Kier molecular flexibility index (Phi) is 5.46. The van der Waals surface area contributed by atoms with Gasteiger partial charge in [-0.2, -0.15) is 0 Å². The number of hydrogen-bond donors (Lipinski definition) is 0. The third kappa shape index (κ3) is 3.90. The SMILES string of the molecule is c1ccc(-c2nnc(-c3ccc(-c4c5ccccc5c(-c5cccc6ccccc56)c5ccccc45)cc3)o2)cc1. The van der Waals surface area contributed by atoms with Crippen molar-refractivity contribution in [1.29, 1.82) is 0 Å². The number of nitrogens with zero attached hydrogens (tertiary/aromatic N) is 2. The highest BCUT2D eigenvalue weighted by molar-refractivity contribution is 6.23. The molecule has 0 bridgehead atoms. The molecule has 192 valence electrons. The lowest BCUT2D eigenvalue weighted by Gasteiger charge is -2.18. The van der Waals surface area contributed by atoms with E-state index in [9.17, 15) is 0 Å². The van der Waals surface area contributed by atoms with Crippen LogP contribution in [0.2, 0.25) is 0 Å². The molecule has 1 heterocycles. The van der Waals surface area contributed by atoms with Crippen molar-refractivity contribution in [3.63, 3.8) is 0 Å². The molecule has 0 radical (unpaired) electrons. The van der Waals surface area contributed by atoms with Gasteiger partial charge in [-0.25, -0.2) is 0 Å². The molecule has 0 fully saturated rings. The van der Waals surface area contributed by atoms with Crippen LogP contribution in [0.3, 0.4) is 0 Å². The van der Waals surface area contributed by atoms with E-state index < -0.39 is 0 Å². The van der Waals surface area contributed by atoms with Crippen molar-refractivity contribution in [3.8, 4) is 45.2 Å². The number of rotatable bonds is 4. The van der Waals surface area contributed by atoms with Crippen LogP contribution in [-0.4, -0.2) is 10.2 Å². The zero-order chi connectivity index (χ0) is 27.2. The van der Waals surface area contributed by atoms with Gasteiger partial charge in [0.05, 0.1) is 0 Å². The van der Waals surface area contributed by atoms with Crippen LogP contribution < -0.4 is 0 Å². The highest BCUT2D eigenvalue weighted by atomic mass is 16.4. The van der Waals surface area contributed by atoms with E-state index in [0.29, 0.717) is 11.8 Å². The molecule has 3 nitrogen and oxygen atoms in total. The summed E-state index contributed by atoms with van der Waals surface area (Å²) in [6, 6.07) is 51.1. The second kappa shape index (κ2) is 9.58. The lowest BCUT2D eigenvalue weighted by Crippen LogP contribution is -1.91. The van der Waals surface area contributed by atoms with Crippen molar-refractivity contribution >= 4 is 32.3 Å². The van der Waals surface area contributed by atoms with Gasteiger partial charge in [0.1, 0.15) is 0 Å². The molecule has 7 aromatic carbocycles. The van der Waals surface area contributed by atoms with E-state index in [0.717, 1.165) is 16.7 Å². The fraction of sp³-hybridized carbons (Fsp3) is 0. The Bertz CT molecular complexity index is 2130. The first kappa shape index (κ1) is 23.4. The summed E-state index contributed by atoms with van der Waals surface area (Å²) in [6.07, 6.45) is 0. The topological polar surface area (TPSA) is 38.9 Å². The third-order valence-electron chi connectivity index (χ3n) is 7.86. The predicted molar refractivity (Wildman–Crippen MR) is 169 cm³/mol. The summed E-state index contributed by atoms with van der Waals surface area (Å²) in [6.45, 7) is 0. The Morgan fingerprint density at radius 3 is 1.44 bits per heavy atom. The normalized spacial score (nSPS) is 11.4. The minimum Gasteiger partial charge on any atom is -0.416 e. The third-order valence-corrected chi connectivity index (χ3v) is 7.86.